The summed E-state index contributed by atoms with van der Waals surface area (Å²) >= 11 is 0. The Kier molecular flexibility index (Phi) is 9.59. The molecular weight excluding hydrogens is 513 g/mol. The highest BCUT2D eigenvalue weighted by Crippen LogP contribution is 2.40. The molecule has 0 unspecified atom stereocenters. The van der Waals surface area contributed by atoms with Crippen LogP contribution >= 0.6 is 24.0 Å². The van der Waals surface area contributed by atoms with Crippen LogP contribution in [0.3, 0.4) is 0 Å². The van der Waals surface area contributed by atoms with Crippen molar-refractivity contribution >= 4 is 35.8 Å². The number of ether oxygens (including phenoxy) is 1. The standard InChI is InChI=1S/C25H35N5O.HI/c1-2-26-24(29-20-25(12-6-7-13-25)22-10-4-3-5-11-22)28-19-21-9-8-14-27-23(21)30-15-17-31-18-16-30;/h3-5,8-11,14H,2,6-7,12-13,15-20H2,1H3,(H2,26,28,29);1H. The van der Waals surface area contributed by atoms with Gasteiger partial charge in [-0.3, -0.25) is 0 Å². The number of aromatic nitrogens is 1. The maximum Gasteiger partial charge on any atom is 0.191 e. The number of hydrogen-bond donors (Lipinski definition) is 2. The van der Waals surface area contributed by atoms with Gasteiger partial charge in [0.15, 0.2) is 5.96 Å². The summed E-state index contributed by atoms with van der Waals surface area (Å²) in [6.07, 6.45) is 6.91. The van der Waals surface area contributed by atoms with Crippen molar-refractivity contribution in [2.24, 2.45) is 4.99 Å². The number of hydrogen-bond acceptors (Lipinski definition) is 4. The second-order valence-corrected chi connectivity index (χ2v) is 8.49. The summed E-state index contributed by atoms with van der Waals surface area (Å²) in [6.45, 7) is 7.74. The molecule has 2 aliphatic rings. The number of rotatable bonds is 7. The van der Waals surface area contributed by atoms with Gasteiger partial charge in [-0.1, -0.05) is 49.2 Å². The number of anilines is 1. The van der Waals surface area contributed by atoms with Gasteiger partial charge in [0.2, 0.25) is 0 Å². The van der Waals surface area contributed by atoms with E-state index in [1.807, 2.05) is 12.3 Å². The number of aliphatic imine (C=N–C) groups is 1. The molecule has 2 aromatic rings. The van der Waals surface area contributed by atoms with Crippen LogP contribution in [0.25, 0.3) is 0 Å². The van der Waals surface area contributed by atoms with Gasteiger partial charge in [0.1, 0.15) is 5.82 Å². The highest BCUT2D eigenvalue weighted by Gasteiger charge is 2.35. The van der Waals surface area contributed by atoms with Crippen molar-refractivity contribution in [1.29, 1.82) is 0 Å². The monoisotopic (exact) mass is 549 g/mol. The van der Waals surface area contributed by atoms with Crippen molar-refractivity contribution in [3.05, 3.63) is 59.8 Å². The molecule has 0 atom stereocenters. The first-order valence-electron chi connectivity index (χ1n) is 11.6. The molecule has 174 valence electrons. The molecule has 7 heteroatoms. The van der Waals surface area contributed by atoms with Crippen LogP contribution in [0, 0.1) is 0 Å². The van der Waals surface area contributed by atoms with Crippen LogP contribution in [-0.2, 0) is 16.7 Å². The predicted molar refractivity (Wildman–Crippen MR) is 142 cm³/mol. The van der Waals surface area contributed by atoms with E-state index >= 15 is 0 Å². The Balaban J connectivity index is 0.00000289. The number of nitrogens with zero attached hydrogens (tertiary/aromatic N) is 3. The van der Waals surface area contributed by atoms with Crippen LogP contribution in [0.5, 0.6) is 0 Å². The number of morpholine rings is 1. The Morgan fingerprint density at radius 3 is 2.53 bits per heavy atom. The zero-order valence-electron chi connectivity index (χ0n) is 19.1. The summed E-state index contributed by atoms with van der Waals surface area (Å²) in [4.78, 5) is 11.9. The van der Waals surface area contributed by atoms with Crippen LogP contribution in [0.1, 0.15) is 43.7 Å². The van der Waals surface area contributed by atoms with Crippen molar-refractivity contribution < 1.29 is 4.74 Å². The van der Waals surface area contributed by atoms with Gasteiger partial charge in [-0.2, -0.15) is 0 Å². The molecule has 1 saturated carbocycles. The molecule has 1 aromatic carbocycles. The Bertz CT molecular complexity index is 848. The summed E-state index contributed by atoms with van der Waals surface area (Å²) in [5, 5.41) is 7.09. The second-order valence-electron chi connectivity index (χ2n) is 8.49. The zero-order chi connectivity index (χ0) is 21.4. The van der Waals surface area contributed by atoms with Crippen LogP contribution in [0.4, 0.5) is 5.82 Å². The maximum absolute atomic E-state index is 5.50. The van der Waals surface area contributed by atoms with Gasteiger partial charge in [-0.15, -0.1) is 24.0 Å². The van der Waals surface area contributed by atoms with Crippen LogP contribution < -0.4 is 15.5 Å². The van der Waals surface area contributed by atoms with E-state index in [0.717, 1.165) is 56.7 Å². The summed E-state index contributed by atoms with van der Waals surface area (Å²) in [7, 11) is 0. The highest BCUT2D eigenvalue weighted by atomic mass is 127. The van der Waals surface area contributed by atoms with Gasteiger partial charge in [-0.05, 0) is 31.4 Å². The molecule has 0 bridgehead atoms. The van der Waals surface area contributed by atoms with E-state index in [0.29, 0.717) is 6.54 Å². The smallest absolute Gasteiger partial charge is 0.191 e. The molecule has 1 aliphatic heterocycles. The van der Waals surface area contributed by atoms with Gasteiger partial charge < -0.3 is 20.3 Å². The normalized spacial score (nSPS) is 18.2. The van der Waals surface area contributed by atoms with Crippen molar-refractivity contribution in [2.75, 3.05) is 44.3 Å². The summed E-state index contributed by atoms with van der Waals surface area (Å²) in [5.41, 5.74) is 2.79. The molecule has 0 amide bonds. The van der Waals surface area contributed by atoms with Crippen molar-refractivity contribution in [2.45, 2.75) is 44.6 Å². The highest BCUT2D eigenvalue weighted by molar-refractivity contribution is 14.0. The molecule has 2 heterocycles. The average molecular weight is 550 g/mol. The van der Waals surface area contributed by atoms with Crippen LogP contribution in [0.15, 0.2) is 53.7 Å². The van der Waals surface area contributed by atoms with E-state index < -0.39 is 0 Å². The number of guanidine groups is 1. The first-order chi connectivity index (χ1) is 15.3. The van der Waals surface area contributed by atoms with Crippen molar-refractivity contribution in [3.63, 3.8) is 0 Å². The molecule has 1 saturated heterocycles. The van der Waals surface area contributed by atoms with Gasteiger partial charge in [0.25, 0.3) is 0 Å². The number of nitrogens with one attached hydrogen (secondary N) is 2. The molecule has 1 aromatic heterocycles. The van der Waals surface area contributed by atoms with Crippen LogP contribution in [0.2, 0.25) is 0 Å². The van der Waals surface area contributed by atoms with E-state index in [4.69, 9.17) is 9.73 Å². The Hall–Kier alpha value is -1.87. The molecule has 0 radical (unpaired) electrons. The lowest BCUT2D eigenvalue weighted by Crippen LogP contribution is -2.44. The molecule has 2 fully saturated rings. The summed E-state index contributed by atoms with van der Waals surface area (Å²) in [5.74, 6) is 1.91. The summed E-state index contributed by atoms with van der Waals surface area (Å²) in [6, 6.07) is 15.1. The molecule has 1 aliphatic carbocycles. The molecule has 32 heavy (non-hydrogen) atoms. The van der Waals surface area contributed by atoms with E-state index in [2.05, 4.69) is 63.8 Å². The first kappa shape index (κ1) is 24.8. The van der Waals surface area contributed by atoms with Gasteiger partial charge in [0.05, 0.1) is 19.8 Å². The third-order valence-electron chi connectivity index (χ3n) is 6.47. The molecule has 6 nitrogen and oxygen atoms in total. The lowest BCUT2D eigenvalue weighted by Gasteiger charge is -2.31. The molecular formula is C25H36IN5O. The predicted octanol–water partition coefficient (Wildman–Crippen LogP) is 4.10. The van der Waals surface area contributed by atoms with Gasteiger partial charge >= 0.3 is 0 Å². The first-order valence-corrected chi connectivity index (χ1v) is 11.6. The van der Waals surface area contributed by atoms with E-state index in [-0.39, 0.29) is 29.4 Å². The van der Waals surface area contributed by atoms with Crippen LogP contribution in [-0.4, -0.2) is 50.3 Å². The minimum atomic E-state index is 0. The van der Waals surface area contributed by atoms with Gasteiger partial charge in [-0.25, -0.2) is 9.98 Å². The lowest BCUT2D eigenvalue weighted by molar-refractivity contribution is 0.122. The largest absolute Gasteiger partial charge is 0.378 e. The minimum Gasteiger partial charge on any atom is -0.378 e. The number of halogens is 1. The molecule has 0 spiro atoms. The minimum absolute atomic E-state index is 0. The fraction of sp³-hybridized carbons (Fsp3) is 0.520. The third-order valence-corrected chi connectivity index (χ3v) is 6.47. The molecule has 2 N–H and O–H groups in total. The quantitative estimate of drug-likeness (QED) is 0.310. The Labute approximate surface area is 209 Å². The maximum atomic E-state index is 5.50. The van der Waals surface area contributed by atoms with E-state index in [1.165, 1.54) is 31.2 Å². The number of benzene rings is 1. The van der Waals surface area contributed by atoms with Gasteiger partial charge in [0, 0.05) is 43.4 Å². The van der Waals surface area contributed by atoms with Crippen molar-refractivity contribution in [1.82, 2.24) is 15.6 Å². The Morgan fingerprint density at radius 1 is 1.06 bits per heavy atom. The third kappa shape index (κ3) is 6.13. The average Bonchev–Trinajstić information content (AvgIpc) is 3.32. The SMILES string of the molecule is CCNC(=NCc1cccnc1N1CCOCC1)NCC1(c2ccccc2)CCCC1.I. The summed E-state index contributed by atoms with van der Waals surface area (Å²) < 4.78 is 5.50. The second kappa shape index (κ2) is 12.4. The van der Waals surface area contributed by atoms with E-state index in [1.54, 1.807) is 0 Å². The number of pyridine rings is 1. The fourth-order valence-corrected chi connectivity index (χ4v) is 4.78. The van der Waals surface area contributed by atoms with E-state index in [9.17, 15) is 0 Å². The fourth-order valence-electron chi connectivity index (χ4n) is 4.78. The lowest BCUT2D eigenvalue weighted by atomic mass is 9.79. The Morgan fingerprint density at radius 2 is 1.81 bits per heavy atom. The topological polar surface area (TPSA) is 61.8 Å². The molecule has 4 rings (SSSR count). The van der Waals surface area contributed by atoms with Crippen molar-refractivity contribution in [3.8, 4) is 0 Å². The zero-order valence-corrected chi connectivity index (χ0v) is 21.4.